The van der Waals surface area contributed by atoms with Crippen molar-refractivity contribution in [3.63, 3.8) is 0 Å². The Labute approximate surface area is 115 Å². The van der Waals surface area contributed by atoms with Crippen molar-refractivity contribution >= 4 is 33.1 Å². The highest BCUT2D eigenvalue weighted by molar-refractivity contribution is 7.17. The molecule has 1 aliphatic rings. The van der Waals surface area contributed by atoms with Gasteiger partial charge in [0, 0.05) is 43.0 Å². The van der Waals surface area contributed by atoms with E-state index in [9.17, 15) is 4.79 Å². The van der Waals surface area contributed by atoms with Crippen LogP contribution >= 0.6 is 11.3 Å². The zero-order valence-electron chi connectivity index (χ0n) is 10.7. The molecule has 2 aromatic rings. The average molecular weight is 276 g/mol. The summed E-state index contributed by atoms with van der Waals surface area (Å²) in [5.41, 5.74) is 0. The number of hydrogen-bond acceptors (Lipinski definition) is 5. The Balaban J connectivity index is 2.02. The maximum absolute atomic E-state index is 12.0. The molecule has 0 aromatic carbocycles. The molecule has 1 fully saturated rings. The van der Waals surface area contributed by atoms with Crippen molar-refractivity contribution in [2.45, 2.75) is 6.04 Å². The number of nitrogens with zero attached hydrogens (tertiary/aromatic N) is 2. The van der Waals surface area contributed by atoms with Gasteiger partial charge in [-0.05, 0) is 17.5 Å². The highest BCUT2D eigenvalue weighted by Gasteiger charge is 2.29. The number of piperazine rings is 1. The molecule has 2 N–H and O–H groups in total. The summed E-state index contributed by atoms with van der Waals surface area (Å²) in [5, 5.41) is 9.19. The van der Waals surface area contributed by atoms with Gasteiger partial charge in [-0.2, -0.15) is 0 Å². The van der Waals surface area contributed by atoms with Crippen molar-refractivity contribution in [2.24, 2.45) is 0 Å². The van der Waals surface area contributed by atoms with E-state index in [0.717, 1.165) is 24.3 Å². The lowest BCUT2D eigenvalue weighted by Gasteiger charge is -2.36. The molecule has 100 valence electrons. The van der Waals surface area contributed by atoms with E-state index in [4.69, 9.17) is 0 Å². The number of nitrogens with one attached hydrogen (secondary N) is 2. The number of carbonyl (C=O) groups excluding carboxylic acids is 1. The molecule has 1 amide bonds. The lowest BCUT2D eigenvalue weighted by Crippen LogP contribution is -2.57. The molecule has 19 heavy (non-hydrogen) atoms. The molecule has 1 saturated heterocycles. The monoisotopic (exact) mass is 276 g/mol. The van der Waals surface area contributed by atoms with Gasteiger partial charge >= 0.3 is 0 Å². The second-order valence-electron chi connectivity index (χ2n) is 4.49. The lowest BCUT2D eigenvalue weighted by atomic mass is 10.1. The van der Waals surface area contributed by atoms with E-state index in [1.54, 1.807) is 18.4 Å². The number of amides is 1. The lowest BCUT2D eigenvalue weighted by molar-refractivity contribution is -0.122. The summed E-state index contributed by atoms with van der Waals surface area (Å²) in [7, 11) is 1.67. The van der Waals surface area contributed by atoms with E-state index >= 15 is 0 Å². The molecule has 0 bridgehead atoms. The number of fused-ring (bicyclic) bond motifs is 1. The van der Waals surface area contributed by atoms with Crippen LogP contribution in [0.3, 0.4) is 0 Å². The summed E-state index contributed by atoms with van der Waals surface area (Å²) < 4.78 is 1.21. The number of anilines is 1. The molecule has 0 spiro atoms. The fourth-order valence-corrected chi connectivity index (χ4v) is 3.24. The number of likely N-dealkylation sites (N-methyl/N-ethyl adjacent to an activating group) is 1. The molecule has 1 atom stereocenters. The SMILES string of the molecule is CNC(=O)C1CNCCN1c1nccc2sccc12. The minimum atomic E-state index is -0.197. The van der Waals surface area contributed by atoms with Gasteiger partial charge in [0.05, 0.1) is 0 Å². The quantitative estimate of drug-likeness (QED) is 0.853. The van der Waals surface area contributed by atoms with Crippen LogP contribution in [-0.4, -0.2) is 43.6 Å². The van der Waals surface area contributed by atoms with Crippen molar-refractivity contribution < 1.29 is 4.79 Å². The Hall–Kier alpha value is -1.66. The van der Waals surface area contributed by atoms with E-state index in [2.05, 4.69) is 32.0 Å². The molecule has 3 heterocycles. The minimum absolute atomic E-state index is 0.0289. The summed E-state index contributed by atoms with van der Waals surface area (Å²) in [4.78, 5) is 18.6. The number of hydrogen-bond donors (Lipinski definition) is 2. The van der Waals surface area contributed by atoms with Gasteiger partial charge in [-0.3, -0.25) is 4.79 Å². The Morgan fingerprint density at radius 2 is 2.47 bits per heavy atom. The smallest absolute Gasteiger partial charge is 0.243 e. The van der Waals surface area contributed by atoms with E-state index in [0.29, 0.717) is 6.54 Å². The highest BCUT2D eigenvalue weighted by atomic mass is 32.1. The molecule has 2 aromatic heterocycles. The van der Waals surface area contributed by atoms with E-state index in [1.807, 2.05) is 12.3 Å². The van der Waals surface area contributed by atoms with Crippen LogP contribution in [0.2, 0.25) is 0 Å². The summed E-state index contributed by atoms with van der Waals surface area (Å²) >= 11 is 1.70. The minimum Gasteiger partial charge on any atom is -0.357 e. The average Bonchev–Trinajstić information content (AvgIpc) is 2.94. The van der Waals surface area contributed by atoms with Gasteiger partial charge in [-0.25, -0.2) is 4.98 Å². The molecule has 0 saturated carbocycles. The molecule has 0 radical (unpaired) electrons. The van der Waals surface area contributed by atoms with Crippen molar-refractivity contribution in [1.29, 1.82) is 0 Å². The van der Waals surface area contributed by atoms with Gasteiger partial charge in [-0.1, -0.05) is 0 Å². The van der Waals surface area contributed by atoms with Gasteiger partial charge in [0.2, 0.25) is 5.91 Å². The Morgan fingerprint density at radius 1 is 1.58 bits per heavy atom. The first-order valence-electron chi connectivity index (χ1n) is 6.32. The maximum atomic E-state index is 12.0. The molecule has 5 nitrogen and oxygen atoms in total. The summed E-state index contributed by atoms with van der Waals surface area (Å²) in [6.45, 7) is 2.32. The van der Waals surface area contributed by atoms with Crippen molar-refractivity contribution in [2.75, 3.05) is 31.6 Å². The van der Waals surface area contributed by atoms with E-state index in [1.165, 1.54) is 4.70 Å². The molecule has 1 unspecified atom stereocenters. The summed E-state index contributed by atoms with van der Waals surface area (Å²) in [5.74, 6) is 0.940. The Kier molecular flexibility index (Phi) is 3.35. The summed E-state index contributed by atoms with van der Waals surface area (Å²) in [6.07, 6.45) is 1.82. The largest absolute Gasteiger partial charge is 0.357 e. The first-order valence-corrected chi connectivity index (χ1v) is 7.20. The molecule has 3 rings (SSSR count). The number of carbonyl (C=O) groups is 1. The van der Waals surface area contributed by atoms with Crippen LogP contribution in [-0.2, 0) is 4.79 Å². The molecule has 0 aliphatic carbocycles. The summed E-state index contributed by atoms with van der Waals surface area (Å²) in [6, 6.07) is 3.89. The van der Waals surface area contributed by atoms with Crippen molar-refractivity contribution in [1.82, 2.24) is 15.6 Å². The van der Waals surface area contributed by atoms with Gasteiger partial charge in [-0.15, -0.1) is 11.3 Å². The highest BCUT2D eigenvalue weighted by Crippen LogP contribution is 2.29. The third kappa shape index (κ3) is 2.17. The van der Waals surface area contributed by atoms with E-state index in [-0.39, 0.29) is 11.9 Å². The van der Waals surface area contributed by atoms with Gasteiger partial charge in [0.25, 0.3) is 0 Å². The van der Waals surface area contributed by atoms with Gasteiger partial charge < -0.3 is 15.5 Å². The number of rotatable bonds is 2. The van der Waals surface area contributed by atoms with Crippen molar-refractivity contribution in [3.8, 4) is 0 Å². The van der Waals surface area contributed by atoms with E-state index < -0.39 is 0 Å². The van der Waals surface area contributed by atoms with Crippen LogP contribution in [0.5, 0.6) is 0 Å². The second kappa shape index (κ2) is 5.14. The second-order valence-corrected chi connectivity index (χ2v) is 5.44. The van der Waals surface area contributed by atoms with Crippen molar-refractivity contribution in [3.05, 3.63) is 23.7 Å². The zero-order valence-corrected chi connectivity index (χ0v) is 11.5. The normalized spacial score (nSPS) is 19.6. The predicted molar refractivity (Wildman–Crippen MR) is 77.7 cm³/mol. The van der Waals surface area contributed by atoms with Crippen LogP contribution in [0.25, 0.3) is 10.1 Å². The van der Waals surface area contributed by atoms with Crippen LogP contribution in [0, 0.1) is 0 Å². The standard InChI is InChI=1S/C13H16N4OS/c1-14-13(18)10-8-15-5-6-17(10)12-9-3-7-19-11(9)2-4-16-12/h2-4,7,10,15H,5-6,8H2,1H3,(H,14,18). The first kappa shape index (κ1) is 12.4. The van der Waals surface area contributed by atoms with Gasteiger partial charge in [0.15, 0.2) is 0 Å². The Morgan fingerprint density at radius 3 is 3.32 bits per heavy atom. The fourth-order valence-electron chi connectivity index (χ4n) is 2.47. The van der Waals surface area contributed by atoms with Gasteiger partial charge in [0.1, 0.15) is 11.9 Å². The van der Waals surface area contributed by atoms with Crippen LogP contribution in [0.1, 0.15) is 0 Å². The maximum Gasteiger partial charge on any atom is 0.243 e. The van der Waals surface area contributed by atoms with Crippen LogP contribution in [0.4, 0.5) is 5.82 Å². The first-order chi connectivity index (χ1) is 9.31. The Bertz CT molecular complexity index is 597. The number of thiophene rings is 1. The molecule has 1 aliphatic heterocycles. The third-order valence-electron chi connectivity index (χ3n) is 3.42. The predicted octanol–water partition coefficient (Wildman–Crippen LogP) is 0.820. The molecular formula is C13H16N4OS. The third-order valence-corrected chi connectivity index (χ3v) is 4.31. The van der Waals surface area contributed by atoms with Crippen LogP contribution < -0.4 is 15.5 Å². The molecular weight excluding hydrogens is 260 g/mol. The fraction of sp³-hybridized carbons (Fsp3) is 0.385. The number of aromatic nitrogens is 1. The zero-order chi connectivity index (χ0) is 13.2. The number of pyridine rings is 1. The molecule has 6 heteroatoms. The topological polar surface area (TPSA) is 57.3 Å². The van der Waals surface area contributed by atoms with Crippen LogP contribution in [0.15, 0.2) is 23.7 Å².